The normalized spacial score (nSPS) is 11.1. The molecule has 0 saturated carbocycles. The topological polar surface area (TPSA) is 52.3 Å². The Balaban J connectivity index is 2.77. The number of carbonyl (C=O) groups excluding carboxylic acids is 1. The van der Waals surface area contributed by atoms with Crippen LogP contribution in [-0.4, -0.2) is 18.9 Å². The van der Waals surface area contributed by atoms with Crippen molar-refractivity contribution >= 4 is 5.91 Å². The van der Waals surface area contributed by atoms with Gasteiger partial charge in [-0.3, -0.25) is 4.79 Å². The summed E-state index contributed by atoms with van der Waals surface area (Å²) in [6.07, 6.45) is -0.688. The van der Waals surface area contributed by atoms with Gasteiger partial charge in [0.15, 0.2) is 0 Å². The summed E-state index contributed by atoms with van der Waals surface area (Å²) in [7, 11) is 1.48. The highest BCUT2D eigenvalue weighted by Crippen LogP contribution is 2.21. The van der Waals surface area contributed by atoms with Gasteiger partial charge in [-0.05, 0) is 17.7 Å². The Morgan fingerprint density at radius 3 is 2.33 bits per heavy atom. The molecule has 1 rings (SSSR count). The molecule has 0 spiro atoms. The van der Waals surface area contributed by atoms with E-state index >= 15 is 0 Å². The summed E-state index contributed by atoms with van der Waals surface area (Å²) in [5.41, 5.74) is 4.89. The molecule has 0 unspecified atom stereocenters. The van der Waals surface area contributed by atoms with Gasteiger partial charge in [-0.1, -0.05) is 12.1 Å². The lowest BCUT2D eigenvalue weighted by molar-refractivity contribution is -0.141. The Hall–Kier alpha value is -1.65. The molecule has 0 radical (unpaired) electrons. The fourth-order valence-corrected chi connectivity index (χ4v) is 1.09. The molecule has 5 heteroatoms. The molecule has 0 saturated heterocycles. The minimum absolute atomic E-state index is 0.333. The van der Waals surface area contributed by atoms with Crippen LogP contribution in [0.1, 0.15) is 5.56 Å². The summed E-state index contributed by atoms with van der Waals surface area (Å²) < 4.78 is 30.7. The molecule has 0 aromatic heterocycles. The fraction of sp³-hybridized carbons (Fsp3) is 0.300. The monoisotopic (exact) mass is 215 g/mol. The number of halogens is 2. The first kappa shape index (κ1) is 11.4. The zero-order valence-corrected chi connectivity index (χ0v) is 8.17. The maximum Gasteiger partial charge on any atom is 0.328 e. The second kappa shape index (κ2) is 4.25. The molecular weight excluding hydrogens is 204 g/mol. The van der Waals surface area contributed by atoms with Crippen molar-refractivity contribution in [1.82, 2.24) is 0 Å². The number of rotatable bonds is 4. The number of methoxy groups -OCH3 is 1. The minimum atomic E-state index is -3.51. The van der Waals surface area contributed by atoms with Crippen LogP contribution < -0.4 is 10.5 Å². The molecule has 2 N–H and O–H groups in total. The lowest BCUT2D eigenvalue weighted by atomic mass is 10.1. The van der Waals surface area contributed by atoms with E-state index in [4.69, 9.17) is 4.74 Å². The van der Waals surface area contributed by atoms with Crippen molar-refractivity contribution in [1.29, 1.82) is 0 Å². The second-order valence-electron chi connectivity index (χ2n) is 3.09. The first-order valence-corrected chi connectivity index (χ1v) is 4.26. The van der Waals surface area contributed by atoms with E-state index in [0.29, 0.717) is 11.3 Å². The van der Waals surface area contributed by atoms with Crippen LogP contribution in [-0.2, 0) is 11.2 Å². The molecule has 82 valence electrons. The van der Waals surface area contributed by atoms with Crippen molar-refractivity contribution in [2.45, 2.75) is 12.3 Å². The van der Waals surface area contributed by atoms with Crippen molar-refractivity contribution in [2.75, 3.05) is 7.11 Å². The molecule has 1 aromatic rings. The van der Waals surface area contributed by atoms with Gasteiger partial charge in [-0.25, -0.2) is 0 Å². The molecule has 0 heterocycles. The average molecular weight is 215 g/mol. The number of amides is 1. The van der Waals surface area contributed by atoms with Crippen molar-refractivity contribution in [3.8, 4) is 5.75 Å². The first-order valence-electron chi connectivity index (χ1n) is 4.26. The Bertz CT molecular complexity index is 349. The number of hydrogen-bond acceptors (Lipinski definition) is 2. The third kappa shape index (κ3) is 2.90. The van der Waals surface area contributed by atoms with Crippen molar-refractivity contribution < 1.29 is 18.3 Å². The predicted octanol–water partition coefficient (Wildman–Crippen LogP) is 1.36. The summed E-state index contributed by atoms with van der Waals surface area (Å²) in [5, 5.41) is 0. The molecule has 0 aliphatic rings. The van der Waals surface area contributed by atoms with Gasteiger partial charge in [0.05, 0.1) is 7.11 Å². The van der Waals surface area contributed by atoms with E-state index in [9.17, 15) is 13.6 Å². The zero-order chi connectivity index (χ0) is 11.5. The molecule has 0 aliphatic carbocycles. The predicted molar refractivity (Wildman–Crippen MR) is 50.8 cm³/mol. The van der Waals surface area contributed by atoms with E-state index in [-0.39, 0.29) is 0 Å². The molecule has 0 bridgehead atoms. The van der Waals surface area contributed by atoms with Crippen LogP contribution in [0.5, 0.6) is 5.75 Å². The number of ether oxygens (including phenoxy) is 1. The molecule has 1 aromatic carbocycles. The third-order valence-electron chi connectivity index (χ3n) is 1.95. The summed E-state index contributed by atoms with van der Waals surface area (Å²) in [4.78, 5) is 10.4. The van der Waals surface area contributed by atoms with Gasteiger partial charge in [0, 0.05) is 6.42 Å². The smallest absolute Gasteiger partial charge is 0.328 e. The van der Waals surface area contributed by atoms with Gasteiger partial charge in [0.25, 0.3) is 5.91 Å². The lowest BCUT2D eigenvalue weighted by Gasteiger charge is -2.12. The van der Waals surface area contributed by atoms with Gasteiger partial charge in [0.1, 0.15) is 5.75 Å². The second-order valence-corrected chi connectivity index (χ2v) is 3.09. The van der Waals surface area contributed by atoms with Gasteiger partial charge >= 0.3 is 5.92 Å². The van der Waals surface area contributed by atoms with Crippen LogP contribution in [0, 0.1) is 0 Å². The van der Waals surface area contributed by atoms with Crippen molar-refractivity contribution in [2.24, 2.45) is 5.73 Å². The summed E-state index contributed by atoms with van der Waals surface area (Å²) in [6.45, 7) is 0. The number of benzene rings is 1. The molecule has 0 atom stereocenters. The van der Waals surface area contributed by atoms with Gasteiger partial charge < -0.3 is 10.5 Å². The molecule has 0 fully saturated rings. The highest BCUT2D eigenvalue weighted by molar-refractivity contribution is 5.81. The third-order valence-corrected chi connectivity index (χ3v) is 1.95. The number of carbonyl (C=O) groups is 1. The van der Waals surface area contributed by atoms with Crippen LogP contribution >= 0.6 is 0 Å². The quantitative estimate of drug-likeness (QED) is 0.824. The van der Waals surface area contributed by atoms with E-state index in [2.05, 4.69) is 5.73 Å². The maximum atomic E-state index is 12.9. The van der Waals surface area contributed by atoms with E-state index < -0.39 is 18.3 Å². The summed E-state index contributed by atoms with van der Waals surface area (Å²) in [5.74, 6) is -4.55. The fourth-order valence-electron chi connectivity index (χ4n) is 1.09. The number of nitrogens with two attached hydrogens (primary N) is 1. The van der Waals surface area contributed by atoms with Crippen LogP contribution in [0.25, 0.3) is 0 Å². The lowest BCUT2D eigenvalue weighted by Crippen LogP contribution is -2.37. The van der Waals surface area contributed by atoms with Gasteiger partial charge in [0.2, 0.25) is 0 Å². The maximum absolute atomic E-state index is 12.9. The summed E-state index contributed by atoms with van der Waals surface area (Å²) in [6, 6.07) is 6.03. The minimum Gasteiger partial charge on any atom is -0.497 e. The molecule has 15 heavy (non-hydrogen) atoms. The van der Waals surface area contributed by atoms with Crippen molar-refractivity contribution in [3.05, 3.63) is 29.8 Å². The number of primary amides is 1. The Kier molecular flexibility index (Phi) is 3.24. The Labute approximate surface area is 85.8 Å². The zero-order valence-electron chi connectivity index (χ0n) is 8.17. The average Bonchev–Trinajstić information content (AvgIpc) is 2.18. The Morgan fingerprint density at radius 1 is 1.40 bits per heavy atom. The highest BCUT2D eigenvalue weighted by atomic mass is 19.3. The molecule has 0 aliphatic heterocycles. The van der Waals surface area contributed by atoms with Crippen LogP contribution in [0.4, 0.5) is 8.78 Å². The van der Waals surface area contributed by atoms with E-state index in [1.807, 2.05) is 0 Å². The molecular formula is C10H11F2NO2. The largest absolute Gasteiger partial charge is 0.497 e. The summed E-state index contributed by atoms with van der Waals surface area (Å²) >= 11 is 0. The molecule has 3 nitrogen and oxygen atoms in total. The molecule has 1 amide bonds. The van der Waals surface area contributed by atoms with E-state index in [1.165, 1.54) is 19.2 Å². The Morgan fingerprint density at radius 2 is 1.93 bits per heavy atom. The number of hydrogen-bond donors (Lipinski definition) is 1. The number of alkyl halides is 2. The van der Waals surface area contributed by atoms with Crippen molar-refractivity contribution in [3.63, 3.8) is 0 Å². The van der Waals surface area contributed by atoms with E-state index in [0.717, 1.165) is 0 Å². The van der Waals surface area contributed by atoms with Gasteiger partial charge in [-0.2, -0.15) is 8.78 Å². The van der Waals surface area contributed by atoms with Crippen LogP contribution in [0.3, 0.4) is 0 Å². The van der Waals surface area contributed by atoms with Crippen LogP contribution in [0.15, 0.2) is 24.3 Å². The standard InChI is InChI=1S/C10H11F2NO2/c1-15-8-4-2-7(3-5-8)6-10(11,12)9(13)14/h2-5H,6H2,1H3,(H2,13,14). The van der Waals surface area contributed by atoms with Crippen LogP contribution in [0.2, 0.25) is 0 Å². The van der Waals surface area contributed by atoms with Gasteiger partial charge in [-0.15, -0.1) is 0 Å². The first-order chi connectivity index (χ1) is 6.95. The highest BCUT2D eigenvalue weighted by Gasteiger charge is 2.36. The SMILES string of the molecule is COc1ccc(CC(F)(F)C(N)=O)cc1. The van der Waals surface area contributed by atoms with E-state index in [1.54, 1.807) is 12.1 Å².